The third-order valence-electron chi connectivity index (χ3n) is 6.04. The number of hydrogen-bond donors (Lipinski definition) is 0. The van der Waals surface area contributed by atoms with Crippen molar-refractivity contribution in [1.29, 1.82) is 0 Å². The molecule has 5 rings (SSSR count). The monoisotopic (exact) mass is 434 g/mol. The van der Waals surface area contributed by atoms with Crippen molar-refractivity contribution in [3.63, 3.8) is 0 Å². The molecule has 0 saturated carbocycles. The number of carbonyl (C=O) groups is 2. The molecule has 0 atom stereocenters. The van der Waals surface area contributed by atoms with Crippen molar-refractivity contribution in [2.24, 2.45) is 5.41 Å². The number of esters is 1. The van der Waals surface area contributed by atoms with Crippen LogP contribution in [0.3, 0.4) is 0 Å². The van der Waals surface area contributed by atoms with E-state index in [0.29, 0.717) is 5.95 Å². The molecule has 0 radical (unpaired) electrons. The summed E-state index contributed by atoms with van der Waals surface area (Å²) in [6.07, 6.45) is 2.53. The quantitative estimate of drug-likeness (QED) is 0.587. The van der Waals surface area contributed by atoms with E-state index in [2.05, 4.69) is 26.3 Å². The first-order valence-corrected chi connectivity index (χ1v) is 11.0. The summed E-state index contributed by atoms with van der Waals surface area (Å²) in [5, 5.41) is 2.05. The van der Waals surface area contributed by atoms with E-state index >= 15 is 0 Å². The van der Waals surface area contributed by atoms with Crippen LogP contribution in [0.5, 0.6) is 0 Å². The van der Waals surface area contributed by atoms with E-state index in [1.807, 2.05) is 35.2 Å². The Bertz CT molecular complexity index is 1110. The predicted molar refractivity (Wildman–Crippen MR) is 118 cm³/mol. The summed E-state index contributed by atoms with van der Waals surface area (Å²) in [4.78, 5) is 38.5. The van der Waals surface area contributed by atoms with Crippen molar-refractivity contribution in [2.45, 2.75) is 6.42 Å². The number of ether oxygens (including phenoxy) is 1. The Hall–Kier alpha value is -3.26. The van der Waals surface area contributed by atoms with Gasteiger partial charge < -0.3 is 14.5 Å². The fourth-order valence-electron chi connectivity index (χ4n) is 4.39. The summed E-state index contributed by atoms with van der Waals surface area (Å²) in [7, 11) is 1.34. The summed E-state index contributed by atoms with van der Waals surface area (Å²) in [5.41, 5.74) is 2.18. The van der Waals surface area contributed by atoms with Crippen molar-refractivity contribution in [2.75, 3.05) is 38.2 Å². The van der Waals surface area contributed by atoms with E-state index in [0.717, 1.165) is 43.7 Å². The van der Waals surface area contributed by atoms with Crippen LogP contribution in [0.15, 0.2) is 54.0 Å². The molecule has 1 amide bonds. The molecule has 7 nitrogen and oxygen atoms in total. The molecule has 2 aromatic heterocycles. The van der Waals surface area contributed by atoms with Gasteiger partial charge in [-0.05, 0) is 41.6 Å². The first-order valence-electron chi connectivity index (χ1n) is 10.2. The lowest BCUT2D eigenvalue weighted by atomic mass is 9.79. The number of methoxy groups -OCH3 is 1. The summed E-state index contributed by atoms with van der Waals surface area (Å²) >= 11 is 1.69. The van der Waals surface area contributed by atoms with Gasteiger partial charge in [-0.25, -0.2) is 14.8 Å². The highest BCUT2D eigenvalue weighted by molar-refractivity contribution is 7.13. The van der Waals surface area contributed by atoms with E-state index in [1.165, 1.54) is 12.0 Å². The van der Waals surface area contributed by atoms with E-state index < -0.39 is 5.97 Å². The molecule has 0 unspecified atom stereocenters. The Labute approximate surface area is 184 Å². The molecule has 31 heavy (non-hydrogen) atoms. The van der Waals surface area contributed by atoms with Gasteiger partial charge in [-0.2, -0.15) is 0 Å². The molecule has 3 aromatic rings. The van der Waals surface area contributed by atoms with Crippen molar-refractivity contribution in [3.05, 3.63) is 65.3 Å². The van der Waals surface area contributed by atoms with Crippen LogP contribution in [0.2, 0.25) is 0 Å². The summed E-state index contributed by atoms with van der Waals surface area (Å²) in [6, 6.07) is 13.5. The topological polar surface area (TPSA) is 75.6 Å². The standard InChI is InChI=1S/C23H22N4O3S/c1-30-21(29)18-8-10-24-22(25-18)27-14-23(15-27)9-11-26(13-23)20(28)17-6-4-16(5-7-17)19-3-2-12-31-19/h2-8,10,12H,9,11,13-15H2,1H3. The van der Waals surface area contributed by atoms with Gasteiger partial charge in [-0.15, -0.1) is 11.3 Å². The maximum absolute atomic E-state index is 13.0. The SMILES string of the molecule is COC(=O)c1ccnc(N2CC3(CCN(C(=O)c4ccc(-c5cccs5)cc4)C3)C2)n1. The molecular weight excluding hydrogens is 412 g/mol. The first kappa shape index (κ1) is 19.7. The highest BCUT2D eigenvalue weighted by atomic mass is 32.1. The fraction of sp³-hybridized carbons (Fsp3) is 0.304. The maximum Gasteiger partial charge on any atom is 0.356 e. The molecule has 2 fully saturated rings. The summed E-state index contributed by atoms with van der Waals surface area (Å²) in [6.45, 7) is 3.03. The number of nitrogens with zero attached hydrogens (tertiary/aromatic N) is 4. The van der Waals surface area contributed by atoms with Gasteiger partial charge in [0.25, 0.3) is 5.91 Å². The fourth-order valence-corrected chi connectivity index (χ4v) is 5.13. The maximum atomic E-state index is 13.0. The molecule has 2 aliphatic rings. The minimum Gasteiger partial charge on any atom is -0.464 e. The van der Waals surface area contributed by atoms with Gasteiger partial charge in [0.2, 0.25) is 5.95 Å². The lowest BCUT2D eigenvalue weighted by molar-refractivity contribution is 0.0593. The highest BCUT2D eigenvalue weighted by Gasteiger charge is 2.49. The van der Waals surface area contributed by atoms with E-state index in [-0.39, 0.29) is 17.0 Å². The lowest BCUT2D eigenvalue weighted by Crippen LogP contribution is -2.58. The predicted octanol–water partition coefficient (Wildman–Crippen LogP) is 3.34. The second-order valence-corrected chi connectivity index (χ2v) is 9.07. The van der Waals surface area contributed by atoms with E-state index in [4.69, 9.17) is 4.74 Å². The zero-order chi connectivity index (χ0) is 21.4. The third kappa shape index (κ3) is 3.67. The number of aromatic nitrogens is 2. The van der Waals surface area contributed by atoms with Crippen LogP contribution in [-0.4, -0.2) is 60.0 Å². The lowest BCUT2D eigenvalue weighted by Gasteiger charge is -2.47. The van der Waals surface area contributed by atoms with Crippen molar-refractivity contribution >= 4 is 29.2 Å². The largest absolute Gasteiger partial charge is 0.464 e. The minimum absolute atomic E-state index is 0.0667. The molecule has 0 N–H and O–H groups in total. The zero-order valence-electron chi connectivity index (χ0n) is 17.2. The van der Waals surface area contributed by atoms with Crippen LogP contribution in [-0.2, 0) is 4.74 Å². The second-order valence-electron chi connectivity index (χ2n) is 8.12. The molecule has 1 spiro atoms. The van der Waals surface area contributed by atoms with Crippen molar-refractivity contribution in [3.8, 4) is 10.4 Å². The Kier molecular flexibility index (Phi) is 4.94. The minimum atomic E-state index is -0.471. The van der Waals surface area contributed by atoms with Crippen LogP contribution >= 0.6 is 11.3 Å². The molecule has 158 valence electrons. The smallest absolute Gasteiger partial charge is 0.356 e. The van der Waals surface area contributed by atoms with Gasteiger partial charge in [-0.3, -0.25) is 4.79 Å². The molecule has 0 bridgehead atoms. The molecule has 8 heteroatoms. The Morgan fingerprint density at radius 2 is 1.90 bits per heavy atom. The zero-order valence-corrected chi connectivity index (χ0v) is 18.0. The van der Waals surface area contributed by atoms with Crippen LogP contribution in [0.25, 0.3) is 10.4 Å². The molecule has 0 aliphatic carbocycles. The molecule has 4 heterocycles. The second kappa shape index (κ2) is 7.77. The van der Waals surface area contributed by atoms with Gasteiger partial charge in [0.05, 0.1) is 7.11 Å². The van der Waals surface area contributed by atoms with E-state index in [1.54, 1.807) is 23.6 Å². The number of rotatable bonds is 4. The Balaban J connectivity index is 1.22. The summed E-state index contributed by atoms with van der Waals surface area (Å²) < 4.78 is 4.74. The van der Waals surface area contributed by atoms with Crippen LogP contribution in [0, 0.1) is 5.41 Å². The molecular formula is C23H22N4O3S. The number of carbonyl (C=O) groups excluding carboxylic acids is 2. The Morgan fingerprint density at radius 1 is 1.10 bits per heavy atom. The van der Waals surface area contributed by atoms with Gasteiger partial charge in [0, 0.05) is 48.2 Å². The van der Waals surface area contributed by atoms with Gasteiger partial charge >= 0.3 is 5.97 Å². The number of anilines is 1. The van der Waals surface area contributed by atoms with Gasteiger partial charge in [-0.1, -0.05) is 18.2 Å². The Morgan fingerprint density at radius 3 is 2.61 bits per heavy atom. The summed E-state index contributed by atoms with van der Waals surface area (Å²) in [5.74, 6) is 0.140. The van der Waals surface area contributed by atoms with Crippen LogP contribution < -0.4 is 4.90 Å². The van der Waals surface area contributed by atoms with Crippen molar-refractivity contribution in [1.82, 2.24) is 14.9 Å². The van der Waals surface area contributed by atoms with Crippen molar-refractivity contribution < 1.29 is 14.3 Å². The van der Waals surface area contributed by atoms with Gasteiger partial charge in [0.15, 0.2) is 5.69 Å². The number of benzene rings is 1. The number of likely N-dealkylation sites (tertiary alicyclic amines) is 1. The van der Waals surface area contributed by atoms with Crippen LogP contribution in [0.4, 0.5) is 5.95 Å². The van der Waals surface area contributed by atoms with Gasteiger partial charge in [0.1, 0.15) is 0 Å². The number of amides is 1. The highest BCUT2D eigenvalue weighted by Crippen LogP contribution is 2.41. The average molecular weight is 435 g/mol. The number of thiophene rings is 1. The third-order valence-corrected chi connectivity index (χ3v) is 6.95. The normalized spacial score (nSPS) is 16.9. The molecule has 1 aromatic carbocycles. The first-order chi connectivity index (χ1) is 15.1. The molecule has 2 saturated heterocycles. The van der Waals surface area contributed by atoms with E-state index in [9.17, 15) is 9.59 Å². The van der Waals surface area contributed by atoms with Crippen LogP contribution in [0.1, 0.15) is 27.3 Å². The number of hydrogen-bond acceptors (Lipinski definition) is 7. The average Bonchev–Trinajstić information content (AvgIpc) is 3.48. The molecule has 2 aliphatic heterocycles.